The zero-order valence-electron chi connectivity index (χ0n) is 17.7. The molecule has 1 heterocycles. The molecule has 0 saturated carbocycles. The van der Waals surface area contributed by atoms with E-state index in [4.69, 9.17) is 0 Å². The summed E-state index contributed by atoms with van der Waals surface area (Å²) < 4.78 is 39.7. The first kappa shape index (κ1) is 22.3. The third-order valence-corrected chi connectivity index (χ3v) is 6.19. The zero-order chi connectivity index (χ0) is 22.7. The van der Waals surface area contributed by atoms with Crippen molar-refractivity contribution < 1.29 is 22.8 Å². The molecule has 4 rings (SSSR count). The first-order valence-corrected chi connectivity index (χ1v) is 10.9. The van der Waals surface area contributed by atoms with Gasteiger partial charge >= 0.3 is 6.18 Å². The number of fused-ring (bicyclic) bond motifs is 1. The number of carbonyl (C=O) groups excluding carboxylic acids is 2. The molecule has 2 aromatic carbocycles. The number of benzene rings is 2. The van der Waals surface area contributed by atoms with Gasteiger partial charge in [0.05, 0.1) is 23.7 Å². The van der Waals surface area contributed by atoms with E-state index in [9.17, 15) is 22.8 Å². The van der Waals surface area contributed by atoms with Crippen LogP contribution in [-0.4, -0.2) is 54.3 Å². The Morgan fingerprint density at radius 1 is 0.969 bits per heavy atom. The van der Waals surface area contributed by atoms with Crippen LogP contribution in [0.15, 0.2) is 48.5 Å². The topological polar surface area (TPSA) is 52.7 Å². The molecule has 2 aromatic rings. The highest BCUT2D eigenvalue weighted by atomic mass is 19.4. The van der Waals surface area contributed by atoms with Crippen LogP contribution in [0, 0.1) is 0 Å². The van der Waals surface area contributed by atoms with Crippen molar-refractivity contribution in [2.24, 2.45) is 0 Å². The highest BCUT2D eigenvalue weighted by Crippen LogP contribution is 2.32. The second-order valence-corrected chi connectivity index (χ2v) is 8.32. The number of halogens is 3. The molecule has 5 nitrogen and oxygen atoms in total. The standard InChI is InChI=1S/C24H26F3N3O2/c25-24(26,27)20-10-4-3-9-19(20)23(32)30-14-12-29(13-15-30)16-22(31)28-21-11-5-7-17-6-1-2-8-18(17)21/h1-4,6,8-10,21H,5,7,11-16H2,(H,28,31). The highest BCUT2D eigenvalue weighted by Gasteiger charge is 2.36. The van der Waals surface area contributed by atoms with Gasteiger partial charge in [0.15, 0.2) is 0 Å². The van der Waals surface area contributed by atoms with Crippen molar-refractivity contribution in [1.29, 1.82) is 0 Å². The predicted octanol–water partition coefficient (Wildman–Crippen LogP) is 3.66. The molecule has 2 aliphatic rings. The number of amides is 2. The van der Waals surface area contributed by atoms with E-state index in [1.807, 2.05) is 17.0 Å². The summed E-state index contributed by atoms with van der Waals surface area (Å²) >= 11 is 0. The molecule has 1 aliphatic carbocycles. The summed E-state index contributed by atoms with van der Waals surface area (Å²) in [6.45, 7) is 1.65. The van der Waals surface area contributed by atoms with Gasteiger partial charge in [-0.3, -0.25) is 14.5 Å². The Morgan fingerprint density at radius 2 is 1.66 bits per heavy atom. The van der Waals surface area contributed by atoms with Crippen LogP contribution in [0.5, 0.6) is 0 Å². The van der Waals surface area contributed by atoms with E-state index in [-0.39, 0.29) is 37.1 Å². The molecule has 2 amide bonds. The zero-order valence-corrected chi connectivity index (χ0v) is 17.7. The monoisotopic (exact) mass is 445 g/mol. The van der Waals surface area contributed by atoms with Crippen LogP contribution in [0.25, 0.3) is 0 Å². The minimum Gasteiger partial charge on any atom is -0.348 e. The second kappa shape index (κ2) is 9.32. The Hall–Kier alpha value is -2.87. The maximum atomic E-state index is 13.2. The molecule has 1 fully saturated rings. The number of piperazine rings is 1. The summed E-state index contributed by atoms with van der Waals surface area (Å²) in [5.74, 6) is -0.699. The summed E-state index contributed by atoms with van der Waals surface area (Å²) in [6, 6.07) is 13.0. The number of nitrogens with one attached hydrogen (secondary N) is 1. The van der Waals surface area contributed by atoms with Crippen LogP contribution in [0.2, 0.25) is 0 Å². The van der Waals surface area contributed by atoms with Gasteiger partial charge in [-0.15, -0.1) is 0 Å². The lowest BCUT2D eigenvalue weighted by Gasteiger charge is -2.35. The molecule has 0 radical (unpaired) electrons. The van der Waals surface area contributed by atoms with Crippen LogP contribution in [0.1, 0.15) is 45.9 Å². The molecule has 1 saturated heterocycles. The number of aryl methyl sites for hydroxylation is 1. The molecule has 8 heteroatoms. The van der Waals surface area contributed by atoms with E-state index in [2.05, 4.69) is 17.4 Å². The summed E-state index contributed by atoms with van der Waals surface area (Å²) in [5, 5.41) is 3.12. The van der Waals surface area contributed by atoms with Crippen molar-refractivity contribution in [2.75, 3.05) is 32.7 Å². The van der Waals surface area contributed by atoms with E-state index in [1.54, 1.807) is 0 Å². The van der Waals surface area contributed by atoms with Gasteiger partial charge in [-0.2, -0.15) is 13.2 Å². The van der Waals surface area contributed by atoms with E-state index >= 15 is 0 Å². The SMILES string of the molecule is O=C(CN1CCN(C(=O)c2ccccc2C(F)(F)F)CC1)NC1CCCc2ccccc21. The number of hydrogen-bond acceptors (Lipinski definition) is 3. The third kappa shape index (κ3) is 4.96. The van der Waals surface area contributed by atoms with Crippen molar-refractivity contribution >= 4 is 11.8 Å². The van der Waals surface area contributed by atoms with Gasteiger partial charge < -0.3 is 10.2 Å². The molecule has 1 atom stereocenters. The van der Waals surface area contributed by atoms with Crippen molar-refractivity contribution in [1.82, 2.24) is 15.1 Å². The second-order valence-electron chi connectivity index (χ2n) is 8.32. The number of hydrogen-bond donors (Lipinski definition) is 1. The Bertz CT molecular complexity index is 984. The van der Waals surface area contributed by atoms with Crippen LogP contribution in [-0.2, 0) is 17.4 Å². The summed E-state index contributed by atoms with van der Waals surface area (Å²) in [4.78, 5) is 28.7. The third-order valence-electron chi connectivity index (χ3n) is 6.19. The average molecular weight is 445 g/mol. The largest absolute Gasteiger partial charge is 0.417 e. The Kier molecular flexibility index (Phi) is 6.50. The average Bonchev–Trinajstić information content (AvgIpc) is 2.79. The van der Waals surface area contributed by atoms with Gasteiger partial charge in [-0.1, -0.05) is 36.4 Å². The Labute approximate surface area is 185 Å². The van der Waals surface area contributed by atoms with Gasteiger partial charge in [0.25, 0.3) is 5.91 Å². The first-order valence-electron chi connectivity index (χ1n) is 10.9. The highest BCUT2D eigenvalue weighted by molar-refractivity contribution is 5.96. The van der Waals surface area contributed by atoms with Gasteiger partial charge in [0.2, 0.25) is 5.91 Å². The molecule has 170 valence electrons. The number of nitrogens with zero attached hydrogens (tertiary/aromatic N) is 2. The lowest BCUT2D eigenvalue weighted by molar-refractivity contribution is -0.138. The molecule has 1 unspecified atom stereocenters. The Morgan fingerprint density at radius 3 is 2.41 bits per heavy atom. The van der Waals surface area contributed by atoms with Gasteiger partial charge in [0.1, 0.15) is 0 Å². The number of rotatable bonds is 4. The fourth-order valence-corrected chi connectivity index (χ4v) is 4.54. The van der Waals surface area contributed by atoms with Gasteiger partial charge in [-0.25, -0.2) is 0 Å². The lowest BCUT2D eigenvalue weighted by atomic mass is 9.88. The molecule has 32 heavy (non-hydrogen) atoms. The van der Waals surface area contributed by atoms with Crippen LogP contribution >= 0.6 is 0 Å². The van der Waals surface area contributed by atoms with E-state index in [0.717, 1.165) is 25.3 Å². The van der Waals surface area contributed by atoms with E-state index in [0.29, 0.717) is 13.1 Å². The molecular weight excluding hydrogens is 419 g/mol. The van der Waals surface area contributed by atoms with Crippen molar-refractivity contribution in [2.45, 2.75) is 31.5 Å². The first-order chi connectivity index (χ1) is 15.3. The summed E-state index contributed by atoms with van der Waals surface area (Å²) in [7, 11) is 0. The number of carbonyl (C=O) groups is 2. The van der Waals surface area contributed by atoms with Gasteiger partial charge in [0, 0.05) is 26.2 Å². The van der Waals surface area contributed by atoms with Gasteiger partial charge in [-0.05, 0) is 42.5 Å². The minimum absolute atomic E-state index is 0.00851. The molecular formula is C24H26F3N3O2. The fraction of sp³-hybridized carbons (Fsp3) is 0.417. The van der Waals surface area contributed by atoms with Crippen molar-refractivity contribution in [3.05, 3.63) is 70.8 Å². The minimum atomic E-state index is -4.58. The van der Waals surface area contributed by atoms with Crippen LogP contribution in [0.4, 0.5) is 13.2 Å². The van der Waals surface area contributed by atoms with Crippen LogP contribution < -0.4 is 5.32 Å². The smallest absolute Gasteiger partial charge is 0.348 e. The van der Waals surface area contributed by atoms with Crippen LogP contribution in [0.3, 0.4) is 0 Å². The van der Waals surface area contributed by atoms with E-state index in [1.165, 1.54) is 34.2 Å². The summed E-state index contributed by atoms with van der Waals surface area (Å²) in [6.07, 6.45) is -1.62. The van der Waals surface area contributed by atoms with Crippen molar-refractivity contribution in [3.63, 3.8) is 0 Å². The lowest BCUT2D eigenvalue weighted by Crippen LogP contribution is -2.51. The molecule has 0 aromatic heterocycles. The molecule has 1 aliphatic heterocycles. The molecule has 0 bridgehead atoms. The van der Waals surface area contributed by atoms with Crippen molar-refractivity contribution in [3.8, 4) is 0 Å². The summed E-state index contributed by atoms with van der Waals surface area (Å²) in [5.41, 5.74) is 1.20. The predicted molar refractivity (Wildman–Crippen MR) is 114 cm³/mol. The fourth-order valence-electron chi connectivity index (χ4n) is 4.54. The van der Waals surface area contributed by atoms with E-state index < -0.39 is 17.6 Å². The number of alkyl halides is 3. The quantitative estimate of drug-likeness (QED) is 0.782. The normalized spacial score (nSPS) is 19.3. The Balaban J connectivity index is 1.31. The maximum absolute atomic E-state index is 13.2. The molecule has 0 spiro atoms. The maximum Gasteiger partial charge on any atom is 0.417 e. The molecule has 1 N–H and O–H groups in total.